The number of hydrogen-bond acceptors (Lipinski definition) is 2. The summed E-state index contributed by atoms with van der Waals surface area (Å²) in [4.78, 5) is 14.0. The zero-order valence-corrected chi connectivity index (χ0v) is 12.8. The highest BCUT2D eigenvalue weighted by Gasteiger charge is 2.29. The van der Waals surface area contributed by atoms with Crippen molar-refractivity contribution in [2.24, 2.45) is 0 Å². The van der Waals surface area contributed by atoms with Crippen molar-refractivity contribution in [3.63, 3.8) is 0 Å². The minimum absolute atomic E-state index is 0.190. The summed E-state index contributed by atoms with van der Waals surface area (Å²) in [6.07, 6.45) is 2.66. The molecule has 1 aliphatic rings. The molecular weight excluding hydrogens is 306 g/mol. The molecule has 0 unspecified atom stereocenters. The standard InChI is InChI=1S/C15H20BrNO2/c1-15(19)7-9-17(10-8-15)14(18)6-5-12-3-2-4-13(16)11-12/h2-4,11,19H,5-10H2,1H3. The summed E-state index contributed by atoms with van der Waals surface area (Å²) in [5.74, 6) is 0.190. The maximum Gasteiger partial charge on any atom is 0.222 e. The van der Waals surface area contributed by atoms with Crippen LogP contribution in [-0.4, -0.2) is 34.6 Å². The van der Waals surface area contributed by atoms with Crippen molar-refractivity contribution < 1.29 is 9.90 Å². The summed E-state index contributed by atoms with van der Waals surface area (Å²) in [6, 6.07) is 8.06. The molecule has 1 aliphatic heterocycles. The van der Waals surface area contributed by atoms with Gasteiger partial charge in [0, 0.05) is 24.0 Å². The molecule has 0 spiro atoms. The van der Waals surface area contributed by atoms with E-state index in [2.05, 4.69) is 15.9 Å². The van der Waals surface area contributed by atoms with Crippen LogP contribution in [0.2, 0.25) is 0 Å². The smallest absolute Gasteiger partial charge is 0.222 e. The average molecular weight is 326 g/mol. The first-order chi connectivity index (χ1) is 8.96. The lowest BCUT2D eigenvalue weighted by Crippen LogP contribution is -2.45. The van der Waals surface area contributed by atoms with Gasteiger partial charge in [0.15, 0.2) is 0 Å². The van der Waals surface area contributed by atoms with Crippen LogP contribution in [0.4, 0.5) is 0 Å². The van der Waals surface area contributed by atoms with Gasteiger partial charge in [-0.25, -0.2) is 0 Å². The fourth-order valence-corrected chi connectivity index (χ4v) is 2.79. The zero-order valence-electron chi connectivity index (χ0n) is 11.2. The number of aliphatic hydroxyl groups is 1. The lowest BCUT2D eigenvalue weighted by molar-refractivity contribution is -0.134. The first-order valence-electron chi connectivity index (χ1n) is 6.71. The van der Waals surface area contributed by atoms with Gasteiger partial charge in [-0.2, -0.15) is 0 Å². The number of carbonyl (C=O) groups excluding carboxylic acids is 1. The van der Waals surface area contributed by atoms with E-state index in [0.29, 0.717) is 32.4 Å². The van der Waals surface area contributed by atoms with Gasteiger partial charge in [0.05, 0.1) is 5.60 Å². The van der Waals surface area contributed by atoms with E-state index in [9.17, 15) is 9.90 Å². The molecule has 19 heavy (non-hydrogen) atoms. The van der Waals surface area contributed by atoms with Crippen LogP contribution in [0.5, 0.6) is 0 Å². The second-order valence-electron chi connectivity index (χ2n) is 5.51. The Balaban J connectivity index is 1.82. The molecule has 0 radical (unpaired) electrons. The summed E-state index contributed by atoms with van der Waals surface area (Å²) in [7, 11) is 0. The lowest BCUT2D eigenvalue weighted by atomic mass is 9.93. The second kappa shape index (κ2) is 6.06. The quantitative estimate of drug-likeness (QED) is 0.928. The molecule has 1 amide bonds. The third kappa shape index (κ3) is 4.32. The van der Waals surface area contributed by atoms with Gasteiger partial charge in [-0.3, -0.25) is 4.79 Å². The highest BCUT2D eigenvalue weighted by Crippen LogP contribution is 2.22. The molecule has 3 nitrogen and oxygen atoms in total. The van der Waals surface area contributed by atoms with Gasteiger partial charge >= 0.3 is 0 Å². The molecule has 1 aromatic rings. The Morgan fingerprint density at radius 1 is 1.42 bits per heavy atom. The summed E-state index contributed by atoms with van der Waals surface area (Å²) >= 11 is 3.44. The summed E-state index contributed by atoms with van der Waals surface area (Å²) < 4.78 is 1.05. The molecule has 0 bridgehead atoms. The maximum absolute atomic E-state index is 12.1. The number of rotatable bonds is 3. The van der Waals surface area contributed by atoms with E-state index in [1.54, 1.807) is 0 Å². The van der Waals surface area contributed by atoms with Crippen molar-refractivity contribution in [1.82, 2.24) is 4.90 Å². The van der Waals surface area contributed by atoms with Crippen LogP contribution >= 0.6 is 15.9 Å². The first-order valence-corrected chi connectivity index (χ1v) is 7.50. The Hall–Kier alpha value is -0.870. The summed E-state index contributed by atoms with van der Waals surface area (Å²) in [6.45, 7) is 3.19. The Bertz CT molecular complexity index is 449. The van der Waals surface area contributed by atoms with Crippen LogP contribution in [-0.2, 0) is 11.2 Å². The Morgan fingerprint density at radius 3 is 2.74 bits per heavy atom. The van der Waals surface area contributed by atoms with E-state index in [0.717, 1.165) is 10.9 Å². The zero-order chi connectivity index (χ0) is 13.9. The van der Waals surface area contributed by atoms with E-state index < -0.39 is 5.60 Å². The highest BCUT2D eigenvalue weighted by atomic mass is 79.9. The number of halogens is 1. The van der Waals surface area contributed by atoms with Gasteiger partial charge in [0.1, 0.15) is 0 Å². The minimum atomic E-state index is -0.596. The number of nitrogens with zero attached hydrogens (tertiary/aromatic N) is 1. The van der Waals surface area contributed by atoms with Gasteiger partial charge in [0.25, 0.3) is 0 Å². The molecule has 1 fully saturated rings. The lowest BCUT2D eigenvalue weighted by Gasteiger charge is -2.35. The molecular formula is C15H20BrNO2. The van der Waals surface area contributed by atoms with E-state index in [1.807, 2.05) is 36.1 Å². The van der Waals surface area contributed by atoms with Gasteiger partial charge < -0.3 is 10.0 Å². The number of piperidine rings is 1. The number of amides is 1. The SMILES string of the molecule is CC1(O)CCN(C(=O)CCc2cccc(Br)c2)CC1. The highest BCUT2D eigenvalue weighted by molar-refractivity contribution is 9.10. The van der Waals surface area contributed by atoms with Crippen LogP contribution in [0.3, 0.4) is 0 Å². The molecule has 104 valence electrons. The number of hydrogen-bond donors (Lipinski definition) is 1. The van der Waals surface area contributed by atoms with Crippen LogP contribution in [0.15, 0.2) is 28.7 Å². The second-order valence-corrected chi connectivity index (χ2v) is 6.42. The minimum Gasteiger partial charge on any atom is -0.390 e. The Labute approximate surface area is 122 Å². The van der Waals surface area contributed by atoms with E-state index in [-0.39, 0.29) is 5.91 Å². The van der Waals surface area contributed by atoms with Crippen molar-refractivity contribution in [3.05, 3.63) is 34.3 Å². The molecule has 1 saturated heterocycles. The summed E-state index contributed by atoms with van der Waals surface area (Å²) in [5.41, 5.74) is 0.577. The van der Waals surface area contributed by atoms with Crippen LogP contribution in [0.1, 0.15) is 31.7 Å². The van der Waals surface area contributed by atoms with Crippen LogP contribution in [0.25, 0.3) is 0 Å². The molecule has 1 aromatic carbocycles. The van der Waals surface area contributed by atoms with E-state index in [4.69, 9.17) is 0 Å². The molecule has 1 heterocycles. The van der Waals surface area contributed by atoms with E-state index >= 15 is 0 Å². The third-order valence-corrected chi connectivity index (χ3v) is 4.20. The van der Waals surface area contributed by atoms with Gasteiger partial charge in [-0.15, -0.1) is 0 Å². The molecule has 0 saturated carbocycles. The monoisotopic (exact) mass is 325 g/mol. The number of carbonyl (C=O) groups is 1. The van der Waals surface area contributed by atoms with Gasteiger partial charge in [-0.05, 0) is 43.9 Å². The number of benzene rings is 1. The normalized spacial score (nSPS) is 18.4. The Morgan fingerprint density at radius 2 is 2.11 bits per heavy atom. The van der Waals surface area contributed by atoms with Crippen molar-refractivity contribution in [3.8, 4) is 0 Å². The van der Waals surface area contributed by atoms with E-state index in [1.165, 1.54) is 5.56 Å². The number of aryl methyl sites for hydroxylation is 1. The largest absolute Gasteiger partial charge is 0.390 e. The molecule has 0 atom stereocenters. The first kappa shape index (κ1) is 14.5. The van der Waals surface area contributed by atoms with Gasteiger partial charge in [0.2, 0.25) is 5.91 Å². The maximum atomic E-state index is 12.1. The number of likely N-dealkylation sites (tertiary alicyclic amines) is 1. The molecule has 0 aliphatic carbocycles. The van der Waals surface area contributed by atoms with Crippen molar-refractivity contribution in [1.29, 1.82) is 0 Å². The van der Waals surface area contributed by atoms with Crippen LogP contribution in [0, 0.1) is 0 Å². The fourth-order valence-electron chi connectivity index (χ4n) is 2.34. The predicted octanol–water partition coefficient (Wildman–Crippen LogP) is 2.76. The molecule has 0 aromatic heterocycles. The van der Waals surface area contributed by atoms with Crippen molar-refractivity contribution in [2.75, 3.05) is 13.1 Å². The third-order valence-electron chi connectivity index (χ3n) is 3.71. The van der Waals surface area contributed by atoms with Crippen molar-refractivity contribution in [2.45, 2.75) is 38.2 Å². The average Bonchev–Trinajstić information content (AvgIpc) is 2.36. The predicted molar refractivity (Wildman–Crippen MR) is 78.9 cm³/mol. The molecule has 1 N–H and O–H groups in total. The van der Waals surface area contributed by atoms with Gasteiger partial charge in [-0.1, -0.05) is 28.1 Å². The van der Waals surface area contributed by atoms with Crippen LogP contribution < -0.4 is 0 Å². The molecule has 4 heteroatoms. The molecule has 2 rings (SSSR count). The van der Waals surface area contributed by atoms with Crippen molar-refractivity contribution >= 4 is 21.8 Å². The Kier molecular flexibility index (Phi) is 4.63. The summed E-state index contributed by atoms with van der Waals surface area (Å²) in [5, 5.41) is 9.87. The fraction of sp³-hybridized carbons (Fsp3) is 0.533. The topological polar surface area (TPSA) is 40.5 Å².